The monoisotopic (exact) mass is 369 g/mol. The van der Waals surface area contributed by atoms with Gasteiger partial charge in [0.1, 0.15) is 5.82 Å². The molecule has 0 saturated carbocycles. The number of amides is 1. The summed E-state index contributed by atoms with van der Waals surface area (Å²) in [5.74, 6) is -0.386. The lowest BCUT2D eigenvalue weighted by molar-refractivity contribution is -0.121. The number of carbonyl (C=O) groups is 1. The van der Waals surface area contributed by atoms with E-state index in [1.807, 2.05) is 31.2 Å². The van der Waals surface area contributed by atoms with E-state index in [2.05, 4.69) is 15.5 Å². The van der Waals surface area contributed by atoms with Gasteiger partial charge in [-0.05, 0) is 37.5 Å². The first-order valence-electron chi connectivity index (χ1n) is 8.96. The van der Waals surface area contributed by atoms with E-state index in [0.717, 1.165) is 11.1 Å². The summed E-state index contributed by atoms with van der Waals surface area (Å²) in [5, 5.41) is 10.2. The Hall–Kier alpha value is -2.73. The summed E-state index contributed by atoms with van der Waals surface area (Å²) in [4.78, 5) is 12.8. The molecule has 0 saturated heterocycles. The molecule has 3 rings (SSSR count). The minimum absolute atomic E-state index is 0.117. The molecule has 1 amide bonds. The van der Waals surface area contributed by atoms with Crippen LogP contribution in [0.4, 0.5) is 4.39 Å². The van der Waals surface area contributed by atoms with Gasteiger partial charge in [0.2, 0.25) is 5.91 Å². The van der Waals surface area contributed by atoms with Crippen molar-refractivity contribution in [2.45, 2.75) is 37.8 Å². The van der Waals surface area contributed by atoms with Crippen molar-refractivity contribution in [3.05, 3.63) is 77.4 Å². The van der Waals surface area contributed by atoms with Crippen LogP contribution in [0.25, 0.3) is 0 Å². The average molecular weight is 369 g/mol. The predicted octanol–water partition coefficient (Wildman–Crippen LogP) is 3.41. The Morgan fingerprint density at radius 1 is 1.37 bits per heavy atom. The summed E-state index contributed by atoms with van der Waals surface area (Å²) in [6.07, 6.45) is 11.0. The fourth-order valence-electron chi connectivity index (χ4n) is 3.32. The minimum Gasteiger partial charge on any atom is -0.377 e. The number of methoxy groups -OCH3 is 1. The number of allylic oxidation sites excluding steroid dienone is 2. The van der Waals surface area contributed by atoms with Crippen molar-refractivity contribution in [2.24, 2.45) is 0 Å². The van der Waals surface area contributed by atoms with Gasteiger partial charge in [0.25, 0.3) is 0 Å². The summed E-state index contributed by atoms with van der Waals surface area (Å²) >= 11 is 0. The Morgan fingerprint density at radius 3 is 2.81 bits per heavy atom. The summed E-state index contributed by atoms with van der Waals surface area (Å²) in [6, 6.07) is 6.38. The van der Waals surface area contributed by atoms with Crippen LogP contribution in [-0.4, -0.2) is 28.8 Å². The smallest absolute Gasteiger partial charge is 0.226 e. The first-order chi connectivity index (χ1) is 13.0. The third-order valence-electron chi connectivity index (χ3n) is 4.84. The molecule has 1 aliphatic carbocycles. The number of halogens is 1. The molecule has 2 aromatic rings. The zero-order valence-corrected chi connectivity index (χ0v) is 15.5. The number of ether oxygens (including phenoxy) is 1. The highest BCUT2D eigenvalue weighted by Crippen LogP contribution is 2.24. The maximum absolute atomic E-state index is 13.2. The topological polar surface area (TPSA) is 67.0 Å². The van der Waals surface area contributed by atoms with Gasteiger partial charge < -0.3 is 10.1 Å². The molecule has 0 bridgehead atoms. The zero-order valence-electron chi connectivity index (χ0n) is 15.5. The van der Waals surface area contributed by atoms with Gasteiger partial charge in [-0.2, -0.15) is 5.10 Å². The number of rotatable bonds is 7. The second-order valence-electron chi connectivity index (χ2n) is 6.84. The van der Waals surface area contributed by atoms with Crippen LogP contribution in [0.3, 0.4) is 0 Å². The van der Waals surface area contributed by atoms with Crippen molar-refractivity contribution in [2.75, 3.05) is 7.11 Å². The lowest BCUT2D eigenvalue weighted by atomic mass is 9.84. The maximum atomic E-state index is 13.2. The SMILES string of the molecule is COC(C)c1c[nH]nc1CC(=O)NC1(Cc2ccc(F)cc2)C=CC=CC1. The molecule has 6 heteroatoms. The highest BCUT2D eigenvalue weighted by molar-refractivity contribution is 5.79. The van der Waals surface area contributed by atoms with Gasteiger partial charge >= 0.3 is 0 Å². The summed E-state index contributed by atoms with van der Waals surface area (Å²) < 4.78 is 18.5. The molecular formula is C21H24FN3O2. The molecule has 1 aliphatic rings. The lowest BCUT2D eigenvalue weighted by Gasteiger charge is -2.33. The van der Waals surface area contributed by atoms with Crippen molar-refractivity contribution in [3.8, 4) is 0 Å². The van der Waals surface area contributed by atoms with Crippen molar-refractivity contribution in [1.82, 2.24) is 15.5 Å². The number of aromatic amines is 1. The normalized spacial score (nSPS) is 19.8. The van der Waals surface area contributed by atoms with Crippen LogP contribution in [0.15, 0.2) is 54.8 Å². The molecule has 0 fully saturated rings. The second-order valence-corrected chi connectivity index (χ2v) is 6.84. The van der Waals surface area contributed by atoms with E-state index in [9.17, 15) is 9.18 Å². The van der Waals surface area contributed by atoms with Crippen molar-refractivity contribution in [1.29, 1.82) is 0 Å². The van der Waals surface area contributed by atoms with Crippen molar-refractivity contribution >= 4 is 5.91 Å². The van der Waals surface area contributed by atoms with Crippen LogP contribution in [0, 0.1) is 5.82 Å². The van der Waals surface area contributed by atoms with Gasteiger partial charge in [0, 0.05) is 18.9 Å². The van der Waals surface area contributed by atoms with Crippen LogP contribution >= 0.6 is 0 Å². The number of hydrogen-bond donors (Lipinski definition) is 2. The van der Waals surface area contributed by atoms with Gasteiger partial charge in [0.15, 0.2) is 0 Å². The first-order valence-corrected chi connectivity index (χ1v) is 8.96. The zero-order chi connectivity index (χ0) is 19.3. The van der Waals surface area contributed by atoms with E-state index in [1.165, 1.54) is 12.1 Å². The Labute approximate surface area is 158 Å². The number of carbonyl (C=O) groups excluding carboxylic acids is 1. The Bertz CT molecular complexity index is 841. The molecule has 0 aliphatic heterocycles. The fourth-order valence-corrected chi connectivity index (χ4v) is 3.32. The van der Waals surface area contributed by atoms with E-state index in [-0.39, 0.29) is 24.2 Å². The van der Waals surface area contributed by atoms with Crippen LogP contribution in [0.1, 0.15) is 36.3 Å². The number of benzene rings is 1. The van der Waals surface area contributed by atoms with Crippen molar-refractivity contribution < 1.29 is 13.9 Å². The molecule has 5 nitrogen and oxygen atoms in total. The largest absolute Gasteiger partial charge is 0.377 e. The van der Waals surface area contributed by atoms with Gasteiger partial charge in [0.05, 0.1) is 23.8 Å². The molecule has 0 spiro atoms. The molecule has 27 heavy (non-hydrogen) atoms. The number of H-pyrrole nitrogens is 1. The molecule has 1 aromatic heterocycles. The van der Waals surface area contributed by atoms with Crippen LogP contribution in [0.5, 0.6) is 0 Å². The molecule has 0 radical (unpaired) electrons. The quantitative estimate of drug-likeness (QED) is 0.786. The van der Waals surface area contributed by atoms with Gasteiger partial charge in [-0.25, -0.2) is 4.39 Å². The molecular weight excluding hydrogens is 345 g/mol. The lowest BCUT2D eigenvalue weighted by Crippen LogP contribution is -2.49. The minimum atomic E-state index is -0.535. The van der Waals surface area contributed by atoms with E-state index in [0.29, 0.717) is 18.5 Å². The molecule has 2 N–H and O–H groups in total. The molecule has 2 unspecified atom stereocenters. The number of hydrogen-bond acceptors (Lipinski definition) is 3. The van der Waals surface area contributed by atoms with Gasteiger partial charge in [-0.3, -0.25) is 9.89 Å². The third kappa shape index (κ3) is 4.71. The first kappa shape index (κ1) is 19.0. The molecule has 1 aromatic carbocycles. The van der Waals surface area contributed by atoms with Crippen LogP contribution < -0.4 is 5.32 Å². The summed E-state index contributed by atoms with van der Waals surface area (Å²) in [5.41, 5.74) is 1.98. The van der Waals surface area contributed by atoms with Gasteiger partial charge in [-0.15, -0.1) is 0 Å². The van der Waals surface area contributed by atoms with E-state index in [1.54, 1.807) is 25.4 Å². The Balaban J connectivity index is 1.74. The Morgan fingerprint density at radius 2 is 2.15 bits per heavy atom. The van der Waals surface area contributed by atoms with Crippen LogP contribution in [0.2, 0.25) is 0 Å². The maximum Gasteiger partial charge on any atom is 0.226 e. The van der Waals surface area contributed by atoms with E-state index >= 15 is 0 Å². The van der Waals surface area contributed by atoms with E-state index < -0.39 is 5.54 Å². The number of nitrogens with zero attached hydrogens (tertiary/aromatic N) is 1. The Kier molecular flexibility index (Phi) is 5.86. The van der Waals surface area contributed by atoms with E-state index in [4.69, 9.17) is 4.74 Å². The summed E-state index contributed by atoms with van der Waals surface area (Å²) in [6.45, 7) is 1.91. The fraction of sp³-hybridized carbons (Fsp3) is 0.333. The molecule has 142 valence electrons. The highest BCUT2D eigenvalue weighted by Gasteiger charge is 2.30. The standard InChI is InChI=1S/C21H24FN3O2/c1-15(27-2)18-14-23-25-19(18)12-20(26)24-21(10-4-3-5-11-21)13-16-6-8-17(22)9-7-16/h3-10,14-15H,11-13H2,1-2H3,(H,23,25)(H,24,26). The van der Waals surface area contributed by atoms with Crippen molar-refractivity contribution in [3.63, 3.8) is 0 Å². The third-order valence-corrected chi connectivity index (χ3v) is 4.84. The second kappa shape index (κ2) is 8.31. The highest BCUT2D eigenvalue weighted by atomic mass is 19.1. The molecule has 2 atom stereocenters. The summed E-state index contributed by atoms with van der Waals surface area (Å²) in [7, 11) is 1.62. The average Bonchev–Trinajstić information content (AvgIpc) is 3.11. The predicted molar refractivity (Wildman–Crippen MR) is 102 cm³/mol. The van der Waals surface area contributed by atoms with Gasteiger partial charge in [-0.1, -0.05) is 36.4 Å². The number of nitrogens with one attached hydrogen (secondary N) is 2. The number of aromatic nitrogens is 2. The molecule has 1 heterocycles. The van der Waals surface area contributed by atoms with Crippen LogP contribution in [-0.2, 0) is 22.4 Å².